The molecule has 8 rings (SSSR count). The first-order valence-corrected chi connectivity index (χ1v) is 21.3. The molecule has 0 bridgehead atoms. The first-order valence-electron chi connectivity index (χ1n) is 20.9. The molecule has 5 N–H and O–H groups in total. The SMILES string of the molecule is O=C1CCC(c2ccc(N3CCN(CCC4CCN(NC(=O)c5ccc(Nc6ncc(F)c(Nc7ccc(NC(=O)c8ccccc8Cl)cc7)n6)cc5)CC4)CC3)cc2)C(=O)N1. The van der Waals surface area contributed by atoms with Crippen molar-refractivity contribution in [2.75, 3.05) is 66.7 Å². The van der Waals surface area contributed by atoms with Gasteiger partial charge in [0.1, 0.15) is 0 Å². The van der Waals surface area contributed by atoms with Crippen molar-refractivity contribution in [1.29, 1.82) is 0 Å². The van der Waals surface area contributed by atoms with Crippen molar-refractivity contribution < 1.29 is 23.6 Å². The van der Waals surface area contributed by atoms with Gasteiger partial charge in [0.05, 0.1) is 22.7 Å². The van der Waals surface area contributed by atoms with Crippen LogP contribution in [-0.2, 0) is 9.59 Å². The molecule has 3 aliphatic heterocycles. The number of imide groups is 1. The van der Waals surface area contributed by atoms with Crippen molar-refractivity contribution in [1.82, 2.24) is 30.6 Å². The Balaban J connectivity index is 0.737. The number of rotatable bonds is 13. The highest BCUT2D eigenvalue weighted by atomic mass is 35.5. The average molecular weight is 859 g/mol. The molecule has 62 heavy (non-hydrogen) atoms. The van der Waals surface area contributed by atoms with Gasteiger partial charge in [-0.25, -0.2) is 14.4 Å². The second kappa shape index (κ2) is 19.5. The molecule has 3 aliphatic rings. The number of nitrogens with zero attached hydrogens (tertiary/aromatic N) is 5. The molecule has 0 saturated carbocycles. The standard InChI is InChI=1S/C46H48ClFN10O4/c47-39-4-2-1-3-38(39)45(62)51-34-13-11-33(12-14-34)50-42-40(48)29-49-46(54-42)52-35-9-5-32(6-10-35)43(60)55-58-23-20-30(21-24-58)19-22-56-25-27-57(28-26-56)36-15-7-31(8-16-36)37-17-18-41(59)53-44(37)61/h1-16,29-30,37H,17-28H2,(H,51,62)(H,55,60)(H,53,59,61)(H2,49,50,52,54). The number of carbonyl (C=O) groups excluding carboxylic acids is 4. The minimum atomic E-state index is -0.646. The molecule has 0 radical (unpaired) electrons. The Labute approximate surface area is 364 Å². The fourth-order valence-corrected chi connectivity index (χ4v) is 8.25. The summed E-state index contributed by atoms with van der Waals surface area (Å²) < 4.78 is 14.7. The van der Waals surface area contributed by atoms with E-state index >= 15 is 0 Å². The van der Waals surface area contributed by atoms with Gasteiger partial charge in [-0.2, -0.15) is 4.98 Å². The minimum absolute atomic E-state index is 0.0393. The quantitative estimate of drug-likeness (QED) is 0.0768. The summed E-state index contributed by atoms with van der Waals surface area (Å²) in [5, 5.41) is 13.6. The zero-order chi connectivity index (χ0) is 43.0. The molecular formula is C46H48ClFN10O4. The Morgan fingerprint density at radius 1 is 0.774 bits per heavy atom. The molecule has 16 heteroatoms. The van der Waals surface area contributed by atoms with Crippen molar-refractivity contribution in [3.8, 4) is 0 Å². The molecular weight excluding hydrogens is 811 g/mol. The number of benzene rings is 4. The van der Waals surface area contributed by atoms with Gasteiger partial charge in [0, 0.05) is 74.0 Å². The van der Waals surface area contributed by atoms with Crippen molar-refractivity contribution in [3.05, 3.63) is 131 Å². The van der Waals surface area contributed by atoms with Gasteiger partial charge in [0.15, 0.2) is 11.6 Å². The van der Waals surface area contributed by atoms with E-state index in [0.717, 1.165) is 82.5 Å². The van der Waals surface area contributed by atoms with Gasteiger partial charge in [0.25, 0.3) is 11.8 Å². The molecule has 4 aromatic carbocycles. The molecule has 0 aliphatic carbocycles. The molecule has 5 aromatic rings. The number of amides is 4. The molecule has 0 spiro atoms. The van der Waals surface area contributed by atoms with Gasteiger partial charge in [-0.1, -0.05) is 35.9 Å². The van der Waals surface area contributed by atoms with Gasteiger partial charge in [-0.15, -0.1) is 0 Å². The van der Waals surface area contributed by atoms with Crippen LogP contribution in [0.4, 0.5) is 38.9 Å². The van der Waals surface area contributed by atoms with E-state index in [1.54, 1.807) is 72.8 Å². The van der Waals surface area contributed by atoms with Crippen LogP contribution in [-0.4, -0.2) is 89.3 Å². The zero-order valence-electron chi connectivity index (χ0n) is 34.1. The van der Waals surface area contributed by atoms with E-state index in [1.807, 2.05) is 17.1 Å². The van der Waals surface area contributed by atoms with E-state index in [1.165, 1.54) is 0 Å². The van der Waals surface area contributed by atoms with Crippen LogP contribution in [0, 0.1) is 11.7 Å². The van der Waals surface area contributed by atoms with E-state index in [2.05, 4.69) is 58.6 Å². The minimum Gasteiger partial charge on any atom is -0.369 e. The number of piperidine rings is 2. The summed E-state index contributed by atoms with van der Waals surface area (Å²) in [6.07, 6.45) is 5.17. The fourth-order valence-electron chi connectivity index (χ4n) is 8.03. The van der Waals surface area contributed by atoms with Gasteiger partial charge >= 0.3 is 0 Å². The molecule has 3 fully saturated rings. The monoisotopic (exact) mass is 858 g/mol. The number of piperazine rings is 1. The zero-order valence-corrected chi connectivity index (χ0v) is 34.8. The molecule has 1 aromatic heterocycles. The number of hydrogen-bond donors (Lipinski definition) is 5. The van der Waals surface area contributed by atoms with E-state index in [0.29, 0.717) is 52.0 Å². The lowest BCUT2D eigenvalue weighted by Crippen LogP contribution is -2.48. The molecule has 1 unspecified atom stereocenters. The van der Waals surface area contributed by atoms with Crippen molar-refractivity contribution >= 4 is 69.7 Å². The first-order chi connectivity index (χ1) is 30.1. The lowest BCUT2D eigenvalue weighted by Gasteiger charge is -2.37. The van der Waals surface area contributed by atoms with Gasteiger partial charge in [-0.3, -0.25) is 34.8 Å². The molecule has 1 atom stereocenters. The van der Waals surface area contributed by atoms with Crippen LogP contribution in [0.3, 0.4) is 0 Å². The topological polar surface area (TPSA) is 164 Å². The third-order valence-corrected chi connectivity index (χ3v) is 12.0. The normalized spacial score (nSPS) is 17.6. The second-order valence-corrected chi connectivity index (χ2v) is 16.2. The van der Waals surface area contributed by atoms with Gasteiger partial charge < -0.3 is 20.9 Å². The summed E-state index contributed by atoms with van der Waals surface area (Å²) in [6.45, 7) is 6.54. The Hall–Kier alpha value is -6.42. The molecule has 4 heterocycles. The number of hydrogen-bond acceptors (Lipinski definition) is 11. The Bertz CT molecular complexity index is 2390. The largest absolute Gasteiger partial charge is 0.369 e. The van der Waals surface area contributed by atoms with Crippen molar-refractivity contribution in [3.63, 3.8) is 0 Å². The predicted octanol–water partition coefficient (Wildman–Crippen LogP) is 7.10. The highest BCUT2D eigenvalue weighted by Gasteiger charge is 2.28. The summed E-state index contributed by atoms with van der Waals surface area (Å²) in [7, 11) is 0. The first kappa shape index (κ1) is 42.3. The molecule has 14 nitrogen and oxygen atoms in total. The number of anilines is 6. The smallest absolute Gasteiger partial charge is 0.265 e. The van der Waals surface area contributed by atoms with Crippen molar-refractivity contribution in [2.24, 2.45) is 5.92 Å². The average Bonchev–Trinajstić information content (AvgIpc) is 3.28. The fraction of sp³-hybridized carbons (Fsp3) is 0.304. The van der Waals surface area contributed by atoms with Gasteiger partial charge in [0.2, 0.25) is 17.8 Å². The van der Waals surface area contributed by atoms with Crippen LogP contribution in [0.25, 0.3) is 0 Å². The van der Waals surface area contributed by atoms with Crippen LogP contribution < -0.4 is 31.6 Å². The third-order valence-electron chi connectivity index (χ3n) is 11.7. The second-order valence-electron chi connectivity index (χ2n) is 15.8. The van der Waals surface area contributed by atoms with Crippen LogP contribution in [0.2, 0.25) is 5.02 Å². The summed E-state index contributed by atoms with van der Waals surface area (Å²) in [5.41, 5.74) is 7.75. The van der Waals surface area contributed by atoms with E-state index in [4.69, 9.17) is 11.6 Å². The van der Waals surface area contributed by atoms with E-state index in [9.17, 15) is 23.6 Å². The van der Waals surface area contributed by atoms with E-state index in [-0.39, 0.29) is 41.3 Å². The number of nitrogens with one attached hydrogen (secondary N) is 5. The third kappa shape index (κ3) is 10.7. The number of hydrazine groups is 1. The Morgan fingerprint density at radius 3 is 2.16 bits per heavy atom. The lowest BCUT2D eigenvalue weighted by atomic mass is 9.90. The molecule has 320 valence electrons. The van der Waals surface area contributed by atoms with Gasteiger partial charge in [-0.05, 0) is 117 Å². The summed E-state index contributed by atoms with van der Waals surface area (Å²) in [5.74, 6) is -1.10. The lowest BCUT2D eigenvalue weighted by molar-refractivity contribution is -0.134. The van der Waals surface area contributed by atoms with Crippen LogP contribution in [0.1, 0.15) is 64.3 Å². The molecule has 4 amide bonds. The number of halogens is 2. The highest BCUT2D eigenvalue weighted by Crippen LogP contribution is 2.28. The van der Waals surface area contributed by atoms with Crippen molar-refractivity contribution in [2.45, 2.75) is 38.0 Å². The Kier molecular flexibility index (Phi) is 13.3. The predicted molar refractivity (Wildman–Crippen MR) is 237 cm³/mol. The number of aromatic nitrogens is 2. The van der Waals surface area contributed by atoms with E-state index < -0.39 is 5.82 Å². The maximum Gasteiger partial charge on any atom is 0.265 e. The summed E-state index contributed by atoms with van der Waals surface area (Å²) >= 11 is 6.14. The van der Waals surface area contributed by atoms with Crippen LogP contribution in [0.15, 0.2) is 103 Å². The maximum atomic E-state index is 14.7. The number of carbonyl (C=O) groups is 4. The Morgan fingerprint density at radius 2 is 1.45 bits per heavy atom. The summed E-state index contributed by atoms with van der Waals surface area (Å²) in [4.78, 5) is 62.8. The highest BCUT2D eigenvalue weighted by molar-refractivity contribution is 6.34. The maximum absolute atomic E-state index is 14.7. The van der Waals surface area contributed by atoms with Crippen LogP contribution in [0.5, 0.6) is 0 Å². The summed E-state index contributed by atoms with van der Waals surface area (Å²) in [6, 6.07) is 28.6. The molecule has 3 saturated heterocycles. The van der Waals surface area contributed by atoms with Crippen LogP contribution >= 0.6 is 11.6 Å².